The Hall–Kier alpha value is -3.44. The Morgan fingerprint density at radius 3 is 2.26 bits per heavy atom. The number of carbonyl (C=O) groups is 2. The maximum absolute atomic E-state index is 14.3. The van der Waals surface area contributed by atoms with Gasteiger partial charge in [-0.15, -0.1) is 0 Å². The molecule has 2 unspecified atom stereocenters. The number of cyclic esters (lactones) is 1. The summed E-state index contributed by atoms with van der Waals surface area (Å²) in [6.45, 7) is 4.58. The second-order valence-electron chi connectivity index (χ2n) is 10.5. The van der Waals surface area contributed by atoms with Gasteiger partial charge in [0, 0.05) is 31.0 Å². The van der Waals surface area contributed by atoms with Crippen molar-refractivity contribution >= 4 is 12.0 Å². The van der Waals surface area contributed by atoms with Gasteiger partial charge in [0.1, 0.15) is 6.61 Å². The van der Waals surface area contributed by atoms with Crippen molar-refractivity contribution in [3.8, 4) is 0 Å². The second kappa shape index (κ2) is 8.35. The second-order valence-corrected chi connectivity index (χ2v) is 10.5. The van der Waals surface area contributed by atoms with E-state index in [1.54, 1.807) is 0 Å². The number of nitrogens with zero attached hydrogens (tertiary/aromatic N) is 2. The molecule has 3 aliphatic rings. The third kappa shape index (κ3) is 3.66. The Bertz CT molecular complexity index is 1230. The lowest BCUT2D eigenvalue weighted by Gasteiger charge is -2.33. The summed E-state index contributed by atoms with van der Waals surface area (Å²) < 4.78 is 5.52. The fourth-order valence-electron chi connectivity index (χ4n) is 6.30. The van der Waals surface area contributed by atoms with E-state index >= 15 is 0 Å². The van der Waals surface area contributed by atoms with Crippen LogP contribution in [-0.2, 0) is 21.5 Å². The summed E-state index contributed by atoms with van der Waals surface area (Å²) in [5, 5.41) is 0. The molecule has 6 rings (SSSR count). The molecule has 1 saturated carbocycles. The molecule has 0 radical (unpaired) electrons. The van der Waals surface area contributed by atoms with Crippen molar-refractivity contribution in [2.75, 3.05) is 19.7 Å². The van der Waals surface area contributed by atoms with E-state index in [0.29, 0.717) is 6.54 Å². The maximum atomic E-state index is 14.3. The van der Waals surface area contributed by atoms with E-state index in [4.69, 9.17) is 4.74 Å². The third-order valence-corrected chi connectivity index (χ3v) is 8.28. The van der Waals surface area contributed by atoms with Crippen LogP contribution in [0.5, 0.6) is 0 Å². The lowest BCUT2D eigenvalue weighted by molar-refractivity contribution is -0.135. The van der Waals surface area contributed by atoms with Crippen LogP contribution in [0.1, 0.15) is 36.0 Å². The van der Waals surface area contributed by atoms with Crippen LogP contribution in [0.2, 0.25) is 0 Å². The Morgan fingerprint density at radius 2 is 1.57 bits per heavy atom. The first-order valence-corrected chi connectivity index (χ1v) is 12.4. The molecule has 4 atom stereocenters. The first kappa shape index (κ1) is 22.1. The number of amides is 2. The van der Waals surface area contributed by atoms with E-state index in [1.165, 1.54) is 10.5 Å². The average Bonchev–Trinajstić information content (AvgIpc) is 3.38. The smallest absolute Gasteiger partial charge is 0.417 e. The van der Waals surface area contributed by atoms with Gasteiger partial charge in [0.2, 0.25) is 5.91 Å². The van der Waals surface area contributed by atoms with Crippen LogP contribution in [0.4, 0.5) is 4.79 Å². The lowest BCUT2D eigenvalue weighted by atomic mass is 9.73. The van der Waals surface area contributed by atoms with Gasteiger partial charge in [0.05, 0.1) is 11.5 Å². The van der Waals surface area contributed by atoms with Gasteiger partial charge in [-0.05, 0) is 23.1 Å². The number of rotatable bonds is 5. The minimum atomic E-state index is -0.556. The number of likely N-dealkylation sites (tertiary alicyclic amines) is 1. The van der Waals surface area contributed by atoms with Crippen LogP contribution in [0.25, 0.3) is 0 Å². The molecule has 2 heterocycles. The number of ether oxygens (including phenoxy) is 1. The Labute approximate surface area is 206 Å². The first-order valence-electron chi connectivity index (χ1n) is 12.4. The van der Waals surface area contributed by atoms with Gasteiger partial charge in [0.15, 0.2) is 0 Å². The zero-order valence-electron chi connectivity index (χ0n) is 20.0. The van der Waals surface area contributed by atoms with Crippen LogP contribution >= 0.6 is 0 Å². The molecule has 0 bridgehead atoms. The van der Waals surface area contributed by atoms with E-state index in [9.17, 15) is 9.59 Å². The number of imide groups is 1. The fraction of sp³-hybridized carbons (Fsp3) is 0.333. The number of hydrogen-bond donors (Lipinski definition) is 0. The number of hydrogen-bond acceptors (Lipinski definition) is 4. The van der Waals surface area contributed by atoms with Gasteiger partial charge >= 0.3 is 6.09 Å². The minimum Gasteiger partial charge on any atom is -0.447 e. The van der Waals surface area contributed by atoms with E-state index < -0.39 is 17.0 Å². The van der Waals surface area contributed by atoms with E-state index in [1.807, 2.05) is 54.6 Å². The van der Waals surface area contributed by atoms with Crippen molar-refractivity contribution in [3.63, 3.8) is 0 Å². The quantitative estimate of drug-likeness (QED) is 0.532. The van der Waals surface area contributed by atoms with E-state index in [-0.39, 0.29) is 24.3 Å². The summed E-state index contributed by atoms with van der Waals surface area (Å²) >= 11 is 0. The minimum absolute atomic E-state index is 0.104. The summed E-state index contributed by atoms with van der Waals surface area (Å²) in [6.07, 6.45) is 0.266. The molecule has 2 amide bonds. The van der Waals surface area contributed by atoms with E-state index in [0.717, 1.165) is 30.6 Å². The van der Waals surface area contributed by atoms with E-state index in [2.05, 4.69) is 48.2 Å². The molecule has 2 aliphatic heterocycles. The highest BCUT2D eigenvalue weighted by Gasteiger charge is 2.68. The van der Waals surface area contributed by atoms with Gasteiger partial charge < -0.3 is 4.74 Å². The molecule has 0 N–H and O–H groups in total. The standard InChI is InChI=1S/C30H30N2O3/c1-29(24-15-9-4-10-16-24)20-31(18-22-11-5-2-6-12-22)19-26(29)27(33)32-28(34)35-21-30(32)17-25(30)23-13-7-3-8-14-23/h2-16,25-26H,17-21H2,1H3/t25?,26-,29-,30?/m1/s1. The Balaban J connectivity index is 1.32. The van der Waals surface area contributed by atoms with Crippen molar-refractivity contribution in [3.05, 3.63) is 108 Å². The molecule has 3 aromatic rings. The summed E-state index contributed by atoms with van der Waals surface area (Å²) in [5.74, 6) is -0.315. The van der Waals surface area contributed by atoms with Crippen LogP contribution in [-0.4, -0.2) is 47.0 Å². The predicted molar refractivity (Wildman–Crippen MR) is 134 cm³/mol. The maximum Gasteiger partial charge on any atom is 0.417 e. The van der Waals surface area contributed by atoms with Crippen LogP contribution < -0.4 is 0 Å². The summed E-state index contributed by atoms with van der Waals surface area (Å²) in [6, 6.07) is 30.8. The Morgan fingerprint density at radius 1 is 0.943 bits per heavy atom. The molecule has 5 heteroatoms. The molecule has 3 aromatic carbocycles. The highest BCUT2D eigenvalue weighted by molar-refractivity contribution is 5.97. The Kier molecular flexibility index (Phi) is 5.26. The average molecular weight is 467 g/mol. The number of carbonyl (C=O) groups excluding carboxylic acids is 2. The van der Waals surface area contributed by atoms with Crippen LogP contribution in [0.15, 0.2) is 91.0 Å². The number of benzene rings is 3. The molecule has 1 spiro atoms. The molecule has 2 saturated heterocycles. The highest BCUT2D eigenvalue weighted by Crippen LogP contribution is 2.59. The molecule has 5 nitrogen and oxygen atoms in total. The van der Waals surface area contributed by atoms with Gasteiger partial charge in [-0.2, -0.15) is 0 Å². The zero-order chi connectivity index (χ0) is 24.0. The van der Waals surface area contributed by atoms with Crippen molar-refractivity contribution < 1.29 is 14.3 Å². The lowest BCUT2D eigenvalue weighted by Crippen LogP contribution is -2.50. The molecule has 35 heavy (non-hydrogen) atoms. The van der Waals surface area contributed by atoms with Crippen LogP contribution in [0.3, 0.4) is 0 Å². The van der Waals surface area contributed by atoms with Gasteiger partial charge in [-0.3, -0.25) is 9.69 Å². The molecule has 3 fully saturated rings. The first-order chi connectivity index (χ1) is 17.0. The van der Waals surface area contributed by atoms with Crippen molar-refractivity contribution in [1.82, 2.24) is 9.80 Å². The van der Waals surface area contributed by atoms with Gasteiger partial charge in [-0.1, -0.05) is 97.9 Å². The normalized spacial score (nSPS) is 30.0. The summed E-state index contributed by atoms with van der Waals surface area (Å²) in [5.41, 5.74) is 2.55. The SMILES string of the molecule is C[C@]1(c2ccccc2)CN(Cc2ccccc2)C[C@@H]1C(=O)N1C(=O)OCC12CC2c1ccccc1. The topological polar surface area (TPSA) is 49.9 Å². The van der Waals surface area contributed by atoms with Gasteiger partial charge in [-0.25, -0.2) is 9.69 Å². The molecular formula is C30H30N2O3. The van der Waals surface area contributed by atoms with Crippen molar-refractivity contribution in [1.29, 1.82) is 0 Å². The molecular weight excluding hydrogens is 436 g/mol. The summed E-state index contributed by atoms with van der Waals surface area (Å²) in [4.78, 5) is 31.1. The van der Waals surface area contributed by atoms with Gasteiger partial charge in [0.25, 0.3) is 0 Å². The van der Waals surface area contributed by atoms with Crippen molar-refractivity contribution in [2.24, 2.45) is 5.92 Å². The summed E-state index contributed by atoms with van der Waals surface area (Å²) in [7, 11) is 0. The highest BCUT2D eigenvalue weighted by atomic mass is 16.6. The fourth-order valence-corrected chi connectivity index (χ4v) is 6.30. The third-order valence-electron chi connectivity index (χ3n) is 8.28. The molecule has 178 valence electrons. The van der Waals surface area contributed by atoms with Crippen LogP contribution in [0, 0.1) is 5.92 Å². The largest absolute Gasteiger partial charge is 0.447 e. The molecule has 0 aromatic heterocycles. The monoisotopic (exact) mass is 466 g/mol. The predicted octanol–water partition coefficient (Wildman–Crippen LogP) is 4.98. The molecule has 1 aliphatic carbocycles. The van der Waals surface area contributed by atoms with Crippen molar-refractivity contribution in [2.45, 2.75) is 36.8 Å². The zero-order valence-corrected chi connectivity index (χ0v) is 20.0.